The van der Waals surface area contributed by atoms with Crippen LogP contribution < -0.4 is 0 Å². The van der Waals surface area contributed by atoms with Crippen molar-refractivity contribution >= 4 is 0 Å². The summed E-state index contributed by atoms with van der Waals surface area (Å²) in [5.74, 6) is 0.805. The van der Waals surface area contributed by atoms with Gasteiger partial charge in [0.05, 0.1) is 17.8 Å². The fourth-order valence-electron chi connectivity index (χ4n) is 2.48. The van der Waals surface area contributed by atoms with Crippen LogP contribution in [-0.4, -0.2) is 22.9 Å². The van der Waals surface area contributed by atoms with Crippen molar-refractivity contribution < 1.29 is 9.84 Å². The van der Waals surface area contributed by atoms with Crippen LogP contribution in [-0.2, 0) is 4.74 Å². The van der Waals surface area contributed by atoms with Gasteiger partial charge in [0.2, 0.25) is 0 Å². The molecule has 2 nitrogen and oxygen atoms in total. The van der Waals surface area contributed by atoms with Gasteiger partial charge in [-0.05, 0) is 32.6 Å². The van der Waals surface area contributed by atoms with Gasteiger partial charge in [0.15, 0.2) is 0 Å². The maximum Gasteiger partial charge on any atom is 0.0699 e. The molecule has 2 heteroatoms. The summed E-state index contributed by atoms with van der Waals surface area (Å²) in [6.45, 7) is 4.87. The van der Waals surface area contributed by atoms with Gasteiger partial charge >= 0.3 is 0 Å². The van der Waals surface area contributed by atoms with Crippen LogP contribution in [0.2, 0.25) is 0 Å². The third kappa shape index (κ3) is 2.44. The van der Waals surface area contributed by atoms with E-state index in [2.05, 4.69) is 13.8 Å². The molecule has 1 aliphatic heterocycles. The molecule has 0 aromatic carbocycles. The molecule has 0 aromatic heterocycles. The number of hydrogen-bond donors (Lipinski definition) is 1. The number of rotatable bonds is 2. The molecule has 0 spiro atoms. The van der Waals surface area contributed by atoms with E-state index in [0.29, 0.717) is 0 Å². The first kappa shape index (κ1) is 9.47. The van der Waals surface area contributed by atoms with Crippen molar-refractivity contribution in [3.63, 3.8) is 0 Å². The molecule has 2 fully saturated rings. The summed E-state index contributed by atoms with van der Waals surface area (Å²) < 4.78 is 5.60. The van der Waals surface area contributed by atoms with Gasteiger partial charge < -0.3 is 9.84 Å². The lowest BCUT2D eigenvalue weighted by molar-refractivity contribution is -0.148. The predicted octanol–water partition coefficient (Wildman–Crippen LogP) is 2.11. The second-order valence-electron chi connectivity index (χ2n) is 5.41. The van der Waals surface area contributed by atoms with E-state index in [1.165, 1.54) is 12.8 Å². The molecule has 13 heavy (non-hydrogen) atoms. The molecule has 1 N–H and O–H groups in total. The molecule has 1 atom stereocenters. The Morgan fingerprint density at radius 2 is 2.08 bits per heavy atom. The molecule has 0 radical (unpaired) electrons. The maximum absolute atomic E-state index is 10.3. The van der Waals surface area contributed by atoms with Crippen LogP contribution in [0.3, 0.4) is 0 Å². The van der Waals surface area contributed by atoms with Crippen molar-refractivity contribution in [2.24, 2.45) is 5.92 Å². The molecule has 0 amide bonds. The quantitative estimate of drug-likeness (QED) is 0.712. The highest BCUT2D eigenvalue weighted by Gasteiger charge is 2.42. The Morgan fingerprint density at radius 1 is 1.38 bits per heavy atom. The van der Waals surface area contributed by atoms with Crippen LogP contribution in [0.15, 0.2) is 0 Å². The molecule has 0 bridgehead atoms. The van der Waals surface area contributed by atoms with Crippen molar-refractivity contribution in [1.29, 1.82) is 0 Å². The molecular formula is C11H20O2. The summed E-state index contributed by atoms with van der Waals surface area (Å²) in [5.41, 5.74) is -0.551. The van der Waals surface area contributed by atoms with Gasteiger partial charge in [0, 0.05) is 6.42 Å². The smallest absolute Gasteiger partial charge is 0.0699 e. The Bertz CT molecular complexity index is 196. The molecule has 1 unspecified atom stereocenters. The van der Waals surface area contributed by atoms with Crippen LogP contribution in [0.25, 0.3) is 0 Å². The summed E-state index contributed by atoms with van der Waals surface area (Å²) >= 11 is 0. The third-order valence-corrected chi connectivity index (χ3v) is 3.18. The topological polar surface area (TPSA) is 29.5 Å². The maximum atomic E-state index is 10.3. The number of aliphatic hydroxyl groups is 1. The lowest BCUT2D eigenvalue weighted by Crippen LogP contribution is -2.46. The Kier molecular flexibility index (Phi) is 2.16. The Morgan fingerprint density at radius 3 is 2.62 bits per heavy atom. The zero-order chi connectivity index (χ0) is 9.53. The zero-order valence-electron chi connectivity index (χ0n) is 8.68. The molecule has 76 valence electrons. The average Bonchev–Trinajstić information content (AvgIpc) is 2.67. The predicted molar refractivity (Wildman–Crippen MR) is 51.6 cm³/mol. The van der Waals surface area contributed by atoms with Crippen molar-refractivity contribution in [2.45, 2.75) is 57.2 Å². The standard InChI is InChI=1S/C11H20O2/c1-10(2)8-11(12,5-6-13-10)7-9-3-4-9/h9,12H,3-8H2,1-2H3. The zero-order valence-corrected chi connectivity index (χ0v) is 8.68. The molecule has 1 heterocycles. The van der Waals surface area contributed by atoms with E-state index < -0.39 is 5.60 Å². The molecule has 1 saturated heterocycles. The minimum absolute atomic E-state index is 0.123. The van der Waals surface area contributed by atoms with Gasteiger partial charge in [0.25, 0.3) is 0 Å². The fourth-order valence-corrected chi connectivity index (χ4v) is 2.48. The monoisotopic (exact) mass is 184 g/mol. The normalized spacial score (nSPS) is 39.0. The van der Waals surface area contributed by atoms with E-state index in [1.807, 2.05) is 0 Å². The van der Waals surface area contributed by atoms with Crippen LogP contribution in [0.5, 0.6) is 0 Å². The van der Waals surface area contributed by atoms with E-state index in [9.17, 15) is 5.11 Å². The van der Waals surface area contributed by atoms with Gasteiger partial charge in [-0.1, -0.05) is 12.8 Å². The second kappa shape index (κ2) is 2.96. The Labute approximate surface area is 80.3 Å². The first-order valence-corrected chi connectivity index (χ1v) is 5.36. The van der Waals surface area contributed by atoms with Crippen molar-refractivity contribution in [2.75, 3.05) is 6.61 Å². The molecule has 2 rings (SSSR count). The first-order valence-electron chi connectivity index (χ1n) is 5.36. The molecule has 1 saturated carbocycles. The minimum atomic E-state index is -0.428. The fraction of sp³-hybridized carbons (Fsp3) is 1.00. The van der Waals surface area contributed by atoms with Gasteiger partial charge in [0.1, 0.15) is 0 Å². The highest BCUT2D eigenvalue weighted by atomic mass is 16.5. The van der Waals surface area contributed by atoms with Crippen LogP contribution in [0.1, 0.15) is 46.0 Å². The Hall–Kier alpha value is -0.0800. The molecule has 1 aliphatic carbocycles. The summed E-state index contributed by atoms with van der Waals surface area (Å²) in [6, 6.07) is 0. The lowest BCUT2D eigenvalue weighted by Gasteiger charge is -2.41. The van der Waals surface area contributed by atoms with E-state index >= 15 is 0 Å². The highest BCUT2D eigenvalue weighted by molar-refractivity contribution is 4.94. The molecule has 0 aromatic rings. The third-order valence-electron chi connectivity index (χ3n) is 3.18. The van der Waals surface area contributed by atoms with Gasteiger partial charge in [-0.3, -0.25) is 0 Å². The number of hydrogen-bond acceptors (Lipinski definition) is 2. The van der Waals surface area contributed by atoms with E-state index in [4.69, 9.17) is 4.74 Å². The van der Waals surface area contributed by atoms with Crippen LogP contribution in [0, 0.1) is 5.92 Å². The summed E-state index contributed by atoms with van der Waals surface area (Å²) in [4.78, 5) is 0. The number of ether oxygens (including phenoxy) is 1. The largest absolute Gasteiger partial charge is 0.390 e. The minimum Gasteiger partial charge on any atom is -0.390 e. The van der Waals surface area contributed by atoms with Crippen molar-refractivity contribution in [3.8, 4) is 0 Å². The van der Waals surface area contributed by atoms with Gasteiger partial charge in [-0.15, -0.1) is 0 Å². The van der Waals surface area contributed by atoms with Crippen molar-refractivity contribution in [3.05, 3.63) is 0 Å². The lowest BCUT2D eigenvalue weighted by atomic mass is 9.81. The van der Waals surface area contributed by atoms with Crippen molar-refractivity contribution in [1.82, 2.24) is 0 Å². The molecular weight excluding hydrogens is 164 g/mol. The van der Waals surface area contributed by atoms with E-state index in [1.54, 1.807) is 0 Å². The summed E-state index contributed by atoms with van der Waals surface area (Å²) in [5, 5.41) is 10.3. The van der Waals surface area contributed by atoms with Gasteiger partial charge in [-0.25, -0.2) is 0 Å². The second-order valence-corrected chi connectivity index (χ2v) is 5.41. The summed E-state index contributed by atoms with van der Waals surface area (Å²) in [7, 11) is 0. The van der Waals surface area contributed by atoms with Crippen LogP contribution in [0.4, 0.5) is 0 Å². The van der Waals surface area contributed by atoms with E-state index in [-0.39, 0.29) is 5.60 Å². The molecule has 2 aliphatic rings. The average molecular weight is 184 g/mol. The SMILES string of the molecule is CC1(C)CC(O)(CC2CC2)CCO1. The Balaban J connectivity index is 1.95. The van der Waals surface area contributed by atoms with Crippen LogP contribution >= 0.6 is 0 Å². The van der Waals surface area contributed by atoms with Gasteiger partial charge in [-0.2, -0.15) is 0 Å². The summed E-state index contributed by atoms with van der Waals surface area (Å²) in [6.07, 6.45) is 5.27. The van der Waals surface area contributed by atoms with E-state index in [0.717, 1.165) is 31.8 Å². The highest BCUT2D eigenvalue weighted by Crippen LogP contribution is 2.43. The first-order chi connectivity index (χ1) is 5.99.